The molecule has 2 N–H and O–H groups in total. The Balaban J connectivity index is 1.95. The zero-order valence-corrected chi connectivity index (χ0v) is 16.4. The van der Waals surface area contributed by atoms with E-state index in [0.717, 1.165) is 11.6 Å². The SMILES string of the molecule is CN=C(NCCc1ccc(F)cc1F)NCc1cc(OC)c(OC)c(OC)c1. The fourth-order valence-electron chi connectivity index (χ4n) is 2.68. The van der Waals surface area contributed by atoms with Crippen molar-refractivity contribution in [1.82, 2.24) is 10.6 Å². The van der Waals surface area contributed by atoms with Crippen molar-refractivity contribution < 1.29 is 23.0 Å². The van der Waals surface area contributed by atoms with E-state index in [1.54, 1.807) is 28.4 Å². The molecule has 0 radical (unpaired) electrons. The van der Waals surface area contributed by atoms with E-state index < -0.39 is 11.6 Å². The lowest BCUT2D eigenvalue weighted by Crippen LogP contribution is -2.37. The second-order valence-electron chi connectivity index (χ2n) is 5.87. The Morgan fingerprint density at radius 3 is 2.18 bits per heavy atom. The lowest BCUT2D eigenvalue weighted by molar-refractivity contribution is 0.323. The van der Waals surface area contributed by atoms with E-state index >= 15 is 0 Å². The van der Waals surface area contributed by atoms with Crippen LogP contribution in [0.15, 0.2) is 35.3 Å². The number of halogens is 2. The fourth-order valence-corrected chi connectivity index (χ4v) is 2.68. The lowest BCUT2D eigenvalue weighted by Gasteiger charge is -2.16. The Hall–Kier alpha value is -3.03. The third kappa shape index (κ3) is 5.48. The van der Waals surface area contributed by atoms with Gasteiger partial charge in [-0.15, -0.1) is 0 Å². The van der Waals surface area contributed by atoms with E-state index in [2.05, 4.69) is 15.6 Å². The molecular formula is C20H25F2N3O3. The lowest BCUT2D eigenvalue weighted by atomic mass is 10.1. The molecule has 2 aromatic carbocycles. The summed E-state index contributed by atoms with van der Waals surface area (Å²) in [5, 5.41) is 6.27. The predicted molar refractivity (Wildman–Crippen MR) is 104 cm³/mol. The minimum absolute atomic E-state index is 0.400. The second-order valence-corrected chi connectivity index (χ2v) is 5.87. The molecule has 0 aliphatic rings. The van der Waals surface area contributed by atoms with Gasteiger partial charge in [0.2, 0.25) is 5.75 Å². The van der Waals surface area contributed by atoms with Gasteiger partial charge < -0.3 is 24.8 Å². The number of hydrogen-bond acceptors (Lipinski definition) is 4. The molecule has 28 heavy (non-hydrogen) atoms. The van der Waals surface area contributed by atoms with E-state index in [1.807, 2.05) is 12.1 Å². The van der Waals surface area contributed by atoms with Gasteiger partial charge in [-0.1, -0.05) is 6.07 Å². The molecule has 0 unspecified atom stereocenters. The highest BCUT2D eigenvalue weighted by molar-refractivity contribution is 5.79. The van der Waals surface area contributed by atoms with Crippen LogP contribution in [0.1, 0.15) is 11.1 Å². The first kappa shape index (κ1) is 21.3. The number of methoxy groups -OCH3 is 3. The molecule has 2 rings (SSSR count). The molecule has 2 aromatic rings. The molecule has 0 aliphatic heterocycles. The van der Waals surface area contributed by atoms with Crippen molar-refractivity contribution in [1.29, 1.82) is 0 Å². The van der Waals surface area contributed by atoms with Gasteiger partial charge in [0.05, 0.1) is 21.3 Å². The minimum atomic E-state index is -0.586. The van der Waals surface area contributed by atoms with Crippen molar-refractivity contribution >= 4 is 5.96 Å². The molecule has 0 aliphatic carbocycles. The molecule has 0 aromatic heterocycles. The maximum Gasteiger partial charge on any atom is 0.203 e. The molecular weight excluding hydrogens is 368 g/mol. The Morgan fingerprint density at radius 1 is 0.964 bits per heavy atom. The second kappa shape index (κ2) is 10.3. The van der Waals surface area contributed by atoms with Crippen LogP contribution in [0.25, 0.3) is 0 Å². The van der Waals surface area contributed by atoms with E-state index in [0.29, 0.717) is 48.3 Å². The topological polar surface area (TPSA) is 64.1 Å². The van der Waals surface area contributed by atoms with Crippen LogP contribution in [-0.4, -0.2) is 40.9 Å². The first-order chi connectivity index (χ1) is 13.5. The van der Waals surface area contributed by atoms with Crippen LogP contribution in [0.5, 0.6) is 17.2 Å². The normalized spacial score (nSPS) is 11.1. The van der Waals surface area contributed by atoms with E-state index in [9.17, 15) is 8.78 Å². The standard InChI is InChI=1S/C20H25F2N3O3/c1-23-20(24-8-7-14-5-6-15(21)11-16(14)22)25-12-13-9-17(26-2)19(28-4)18(10-13)27-3/h5-6,9-11H,7-8,12H2,1-4H3,(H2,23,24,25). The first-order valence-electron chi connectivity index (χ1n) is 8.69. The summed E-state index contributed by atoms with van der Waals surface area (Å²) in [6.07, 6.45) is 0.400. The van der Waals surface area contributed by atoms with Crippen molar-refractivity contribution in [3.63, 3.8) is 0 Å². The van der Waals surface area contributed by atoms with Crippen molar-refractivity contribution in [3.05, 3.63) is 53.1 Å². The van der Waals surface area contributed by atoms with Gasteiger partial charge in [0.15, 0.2) is 17.5 Å². The largest absolute Gasteiger partial charge is 0.493 e. The number of hydrogen-bond donors (Lipinski definition) is 2. The van der Waals surface area contributed by atoms with Gasteiger partial charge in [0.25, 0.3) is 0 Å². The molecule has 0 heterocycles. The zero-order valence-electron chi connectivity index (χ0n) is 16.4. The summed E-state index contributed by atoms with van der Waals surface area (Å²) in [7, 11) is 6.31. The Bertz CT molecular complexity index is 803. The van der Waals surface area contributed by atoms with Crippen LogP contribution in [0.2, 0.25) is 0 Å². The molecule has 6 nitrogen and oxygen atoms in total. The van der Waals surface area contributed by atoms with Gasteiger partial charge in [-0.3, -0.25) is 4.99 Å². The van der Waals surface area contributed by atoms with Crippen molar-refractivity contribution in [2.24, 2.45) is 4.99 Å². The average Bonchev–Trinajstić information content (AvgIpc) is 2.70. The summed E-state index contributed by atoms with van der Waals surface area (Å²) in [5.74, 6) is 1.06. The van der Waals surface area contributed by atoms with Gasteiger partial charge in [-0.2, -0.15) is 0 Å². The Kier molecular flexibility index (Phi) is 7.86. The summed E-state index contributed by atoms with van der Waals surface area (Å²) in [4.78, 5) is 4.14. The highest BCUT2D eigenvalue weighted by Crippen LogP contribution is 2.38. The quantitative estimate of drug-likeness (QED) is 0.533. The smallest absolute Gasteiger partial charge is 0.203 e. The summed E-state index contributed by atoms with van der Waals surface area (Å²) in [6, 6.07) is 7.26. The summed E-state index contributed by atoms with van der Waals surface area (Å²) in [6.45, 7) is 0.902. The third-order valence-corrected chi connectivity index (χ3v) is 4.11. The van der Waals surface area contributed by atoms with E-state index in [-0.39, 0.29) is 0 Å². The van der Waals surface area contributed by atoms with Crippen LogP contribution >= 0.6 is 0 Å². The molecule has 0 spiro atoms. The first-order valence-corrected chi connectivity index (χ1v) is 8.69. The van der Waals surface area contributed by atoms with Crippen LogP contribution in [0, 0.1) is 11.6 Å². The van der Waals surface area contributed by atoms with E-state index in [1.165, 1.54) is 12.1 Å². The highest BCUT2D eigenvalue weighted by Gasteiger charge is 2.13. The molecule has 152 valence electrons. The maximum atomic E-state index is 13.7. The molecule has 0 saturated carbocycles. The maximum absolute atomic E-state index is 13.7. The summed E-state index contributed by atoms with van der Waals surface area (Å²) < 4.78 is 42.6. The van der Waals surface area contributed by atoms with Gasteiger partial charge in [0, 0.05) is 26.2 Å². The third-order valence-electron chi connectivity index (χ3n) is 4.11. The monoisotopic (exact) mass is 393 g/mol. The Labute approximate surface area is 163 Å². The predicted octanol–water partition coefficient (Wildman–Crippen LogP) is 2.90. The number of nitrogens with one attached hydrogen (secondary N) is 2. The minimum Gasteiger partial charge on any atom is -0.493 e. The molecule has 0 amide bonds. The number of aliphatic imine (C=N–C) groups is 1. The van der Waals surface area contributed by atoms with Crippen LogP contribution in [0.4, 0.5) is 8.78 Å². The van der Waals surface area contributed by atoms with Gasteiger partial charge in [0.1, 0.15) is 11.6 Å². The highest BCUT2D eigenvalue weighted by atomic mass is 19.1. The van der Waals surface area contributed by atoms with Crippen molar-refractivity contribution in [3.8, 4) is 17.2 Å². The van der Waals surface area contributed by atoms with Crippen LogP contribution in [-0.2, 0) is 13.0 Å². The Morgan fingerprint density at radius 2 is 1.64 bits per heavy atom. The van der Waals surface area contributed by atoms with Gasteiger partial charge >= 0.3 is 0 Å². The molecule has 0 atom stereocenters. The number of nitrogens with zero attached hydrogens (tertiary/aromatic N) is 1. The van der Waals surface area contributed by atoms with Gasteiger partial charge in [-0.05, 0) is 35.7 Å². The number of rotatable bonds is 8. The van der Waals surface area contributed by atoms with Gasteiger partial charge in [-0.25, -0.2) is 8.78 Å². The van der Waals surface area contributed by atoms with E-state index in [4.69, 9.17) is 14.2 Å². The van der Waals surface area contributed by atoms with Crippen LogP contribution in [0.3, 0.4) is 0 Å². The summed E-state index contributed by atoms with van der Waals surface area (Å²) >= 11 is 0. The number of guanidine groups is 1. The molecule has 0 saturated heterocycles. The number of benzene rings is 2. The van der Waals surface area contributed by atoms with Crippen LogP contribution < -0.4 is 24.8 Å². The average molecular weight is 393 g/mol. The zero-order chi connectivity index (χ0) is 20.5. The molecule has 8 heteroatoms. The summed E-state index contributed by atoms with van der Waals surface area (Å²) in [5.41, 5.74) is 1.34. The fraction of sp³-hybridized carbons (Fsp3) is 0.350. The van der Waals surface area contributed by atoms with Crippen molar-refractivity contribution in [2.45, 2.75) is 13.0 Å². The number of ether oxygens (including phenoxy) is 3. The van der Waals surface area contributed by atoms with Crippen molar-refractivity contribution in [2.75, 3.05) is 34.9 Å². The molecule has 0 bridgehead atoms. The molecule has 0 fully saturated rings.